The van der Waals surface area contributed by atoms with Gasteiger partial charge in [-0.3, -0.25) is 9.28 Å². The number of unbranched alkanes of at least 4 members (excludes halogenated alkanes) is 8. The molecule has 3 N–H and O–H groups in total. The van der Waals surface area contributed by atoms with Crippen LogP contribution in [-0.4, -0.2) is 54.1 Å². The summed E-state index contributed by atoms with van der Waals surface area (Å²) in [4.78, 5) is 15.2. The van der Waals surface area contributed by atoms with E-state index in [1.165, 1.54) is 57.8 Å². The number of carbonyl (C=O) groups is 1. The molecule has 134 valence electrons. The predicted octanol–water partition coefficient (Wildman–Crippen LogP) is 3.18. The maximum Gasteiger partial charge on any atom is 0.305 e. The molecule has 0 saturated carbocycles. The number of hydrogen-bond acceptors (Lipinski definition) is 3. The Kier molecular flexibility index (Phi) is 10.1. The number of carboxylic acids is 1. The summed E-state index contributed by atoms with van der Waals surface area (Å²) in [5.74, 6) is -0.810. The fraction of sp³-hybridized carbons (Fsp3) is 0.889. The van der Waals surface area contributed by atoms with Crippen LogP contribution < -0.4 is 5.73 Å². The minimum Gasteiger partial charge on any atom is -0.481 e. The lowest BCUT2D eigenvalue weighted by molar-refractivity contribution is -0.830. The lowest BCUT2D eigenvalue weighted by Crippen LogP contribution is -2.53. The van der Waals surface area contributed by atoms with Crippen molar-refractivity contribution in [2.24, 2.45) is 10.7 Å². The third kappa shape index (κ3) is 9.06. The summed E-state index contributed by atoms with van der Waals surface area (Å²) >= 11 is 0. The summed E-state index contributed by atoms with van der Waals surface area (Å²) in [5.41, 5.74) is 5.99. The Morgan fingerprint density at radius 1 is 1.17 bits per heavy atom. The van der Waals surface area contributed by atoms with E-state index in [0.29, 0.717) is 6.54 Å². The van der Waals surface area contributed by atoms with Crippen molar-refractivity contribution in [2.45, 2.75) is 77.2 Å². The maximum atomic E-state index is 10.8. The Bertz CT molecular complexity index is 360. The normalized spacial score (nSPS) is 21.7. The third-order valence-corrected chi connectivity index (χ3v) is 4.74. The number of nitrogens with two attached hydrogens (primary N) is 1. The molecular formula is C18H36N3O2+. The van der Waals surface area contributed by atoms with Crippen LogP contribution in [0.3, 0.4) is 0 Å². The van der Waals surface area contributed by atoms with Crippen LogP contribution in [0, 0.1) is 0 Å². The Morgan fingerprint density at radius 3 is 2.30 bits per heavy atom. The van der Waals surface area contributed by atoms with Gasteiger partial charge in [0.2, 0.25) is 0 Å². The first kappa shape index (κ1) is 20.1. The Morgan fingerprint density at radius 2 is 1.78 bits per heavy atom. The molecule has 0 spiro atoms. The Balaban J connectivity index is 2.16. The molecule has 0 aromatic carbocycles. The first-order valence-corrected chi connectivity index (χ1v) is 9.42. The van der Waals surface area contributed by atoms with Crippen molar-refractivity contribution < 1.29 is 14.4 Å². The van der Waals surface area contributed by atoms with Crippen LogP contribution in [0.5, 0.6) is 0 Å². The zero-order valence-electron chi connectivity index (χ0n) is 14.9. The van der Waals surface area contributed by atoms with E-state index in [4.69, 9.17) is 10.8 Å². The van der Waals surface area contributed by atoms with Gasteiger partial charge in [0.15, 0.2) is 6.34 Å². The van der Waals surface area contributed by atoms with Gasteiger partial charge in [-0.05, 0) is 12.8 Å². The highest BCUT2D eigenvalue weighted by Gasteiger charge is 2.31. The molecule has 0 aromatic heterocycles. The van der Waals surface area contributed by atoms with Gasteiger partial charge in [0.1, 0.15) is 13.1 Å². The molecule has 23 heavy (non-hydrogen) atoms. The van der Waals surface area contributed by atoms with Gasteiger partial charge in [0, 0.05) is 0 Å². The number of hydrogen-bond donors (Lipinski definition) is 2. The molecule has 1 aliphatic heterocycles. The quantitative estimate of drug-likeness (QED) is 0.380. The van der Waals surface area contributed by atoms with Crippen LogP contribution >= 0.6 is 0 Å². The van der Waals surface area contributed by atoms with Gasteiger partial charge in [-0.25, -0.2) is 4.99 Å². The van der Waals surface area contributed by atoms with Gasteiger partial charge in [0.25, 0.3) is 0 Å². The highest BCUT2D eigenvalue weighted by atomic mass is 16.4. The molecule has 1 heterocycles. The molecule has 2 unspecified atom stereocenters. The fourth-order valence-electron chi connectivity index (χ4n) is 3.44. The molecule has 0 amide bonds. The topological polar surface area (TPSA) is 75.7 Å². The zero-order chi connectivity index (χ0) is 17.0. The predicted molar refractivity (Wildman–Crippen MR) is 95.7 cm³/mol. The number of nitrogens with zero attached hydrogens (tertiary/aromatic N) is 2. The molecule has 2 atom stereocenters. The zero-order valence-corrected chi connectivity index (χ0v) is 14.9. The van der Waals surface area contributed by atoms with Crippen LogP contribution in [0.25, 0.3) is 0 Å². The minimum absolute atomic E-state index is 0.0472. The molecule has 1 aliphatic rings. The lowest BCUT2D eigenvalue weighted by atomic mass is 10.1. The molecule has 0 bridgehead atoms. The number of aliphatic imine (C=N–C) groups is 1. The second-order valence-electron chi connectivity index (χ2n) is 7.06. The highest BCUT2D eigenvalue weighted by molar-refractivity contribution is 5.67. The van der Waals surface area contributed by atoms with Gasteiger partial charge in [-0.2, -0.15) is 0 Å². The van der Waals surface area contributed by atoms with E-state index in [1.807, 2.05) is 6.34 Å². The van der Waals surface area contributed by atoms with Crippen LogP contribution in [0.1, 0.15) is 71.1 Å². The van der Waals surface area contributed by atoms with Crippen molar-refractivity contribution in [1.82, 2.24) is 0 Å². The van der Waals surface area contributed by atoms with E-state index >= 15 is 0 Å². The summed E-state index contributed by atoms with van der Waals surface area (Å²) in [6.45, 7) is 5.82. The van der Waals surface area contributed by atoms with Gasteiger partial charge >= 0.3 is 5.97 Å². The molecular weight excluding hydrogens is 290 g/mol. The minimum atomic E-state index is -0.810. The maximum absolute atomic E-state index is 10.8. The van der Waals surface area contributed by atoms with Crippen molar-refractivity contribution in [3.05, 3.63) is 0 Å². The summed E-state index contributed by atoms with van der Waals surface area (Å²) in [7, 11) is 0. The van der Waals surface area contributed by atoms with Crippen molar-refractivity contribution in [2.75, 3.05) is 26.2 Å². The number of rotatable bonds is 14. The first-order valence-electron chi connectivity index (χ1n) is 9.42. The standard InChI is InChI=1S/C18H35N3O2/c1-2-3-4-5-6-7-8-9-10-12-21(13-11-20-16-21)15-17(19)14-18(22)23/h16-17H,2-15,19H2,1H3/p+1. The van der Waals surface area contributed by atoms with E-state index in [0.717, 1.165) is 24.1 Å². The summed E-state index contributed by atoms with van der Waals surface area (Å²) in [6.07, 6.45) is 14.0. The second-order valence-corrected chi connectivity index (χ2v) is 7.06. The van der Waals surface area contributed by atoms with Crippen molar-refractivity contribution in [3.8, 4) is 0 Å². The average Bonchev–Trinajstić information content (AvgIpc) is 2.93. The molecule has 0 fully saturated rings. The van der Waals surface area contributed by atoms with E-state index in [9.17, 15) is 4.79 Å². The Labute approximate surface area is 141 Å². The van der Waals surface area contributed by atoms with Crippen LogP contribution in [0.15, 0.2) is 4.99 Å². The van der Waals surface area contributed by atoms with Crippen molar-refractivity contribution in [3.63, 3.8) is 0 Å². The molecule has 0 aliphatic carbocycles. The van der Waals surface area contributed by atoms with Gasteiger partial charge in [-0.15, -0.1) is 0 Å². The smallest absolute Gasteiger partial charge is 0.305 e. The van der Waals surface area contributed by atoms with Crippen LogP contribution in [0.2, 0.25) is 0 Å². The van der Waals surface area contributed by atoms with E-state index < -0.39 is 5.97 Å². The lowest BCUT2D eigenvalue weighted by Gasteiger charge is -2.32. The highest BCUT2D eigenvalue weighted by Crippen LogP contribution is 2.15. The molecule has 5 nitrogen and oxygen atoms in total. The fourth-order valence-corrected chi connectivity index (χ4v) is 3.44. The summed E-state index contributed by atoms with van der Waals surface area (Å²) in [5, 5.41) is 8.87. The molecule has 0 aromatic rings. The monoisotopic (exact) mass is 326 g/mol. The number of quaternary nitrogens is 1. The number of aliphatic carboxylic acids is 1. The van der Waals surface area contributed by atoms with Gasteiger partial charge in [0.05, 0.1) is 25.6 Å². The largest absolute Gasteiger partial charge is 0.481 e. The SMILES string of the molecule is CCCCCCCCCCC[N+]1(CC(N)CC(=O)O)C=NCC1. The first-order chi connectivity index (χ1) is 11.1. The molecule has 0 radical (unpaired) electrons. The van der Waals surface area contributed by atoms with Gasteiger partial charge < -0.3 is 10.8 Å². The molecule has 1 rings (SSSR count). The van der Waals surface area contributed by atoms with E-state index in [1.54, 1.807) is 0 Å². The Hall–Kier alpha value is -0.940. The number of carboxylic acid groups (broad SMARTS) is 1. The summed E-state index contributed by atoms with van der Waals surface area (Å²) in [6, 6.07) is -0.282. The van der Waals surface area contributed by atoms with Crippen LogP contribution in [0.4, 0.5) is 0 Å². The average molecular weight is 327 g/mol. The van der Waals surface area contributed by atoms with E-state index in [2.05, 4.69) is 11.9 Å². The molecule has 5 heteroatoms. The van der Waals surface area contributed by atoms with Crippen molar-refractivity contribution in [1.29, 1.82) is 0 Å². The molecule has 0 saturated heterocycles. The third-order valence-electron chi connectivity index (χ3n) is 4.74. The van der Waals surface area contributed by atoms with E-state index in [-0.39, 0.29) is 12.5 Å². The second kappa shape index (κ2) is 11.6. The summed E-state index contributed by atoms with van der Waals surface area (Å²) < 4.78 is 0.783. The van der Waals surface area contributed by atoms with Crippen LogP contribution in [-0.2, 0) is 4.79 Å². The van der Waals surface area contributed by atoms with Crippen molar-refractivity contribution >= 4 is 12.3 Å². The van der Waals surface area contributed by atoms with Gasteiger partial charge in [-0.1, -0.05) is 51.9 Å².